The number of amides is 1. The number of hydrogen-bond donors (Lipinski definition) is 2. The predicted molar refractivity (Wildman–Crippen MR) is 83.1 cm³/mol. The largest absolute Gasteiger partial charge is 0.438 e. The summed E-state index contributed by atoms with van der Waals surface area (Å²) in [5.74, 6) is 0.212. The molecular weight excluding hydrogens is 298 g/mol. The van der Waals surface area contributed by atoms with E-state index in [0.717, 1.165) is 19.3 Å². The van der Waals surface area contributed by atoms with Crippen molar-refractivity contribution in [3.8, 4) is 0 Å². The molecule has 0 saturated carbocycles. The predicted octanol–water partition coefficient (Wildman–Crippen LogP) is 0.717. The van der Waals surface area contributed by atoms with Crippen molar-refractivity contribution >= 4 is 5.91 Å². The van der Waals surface area contributed by atoms with E-state index in [2.05, 4.69) is 10.3 Å². The molecule has 1 aromatic rings. The summed E-state index contributed by atoms with van der Waals surface area (Å²) in [4.78, 5) is 18.2. The minimum atomic E-state index is -0.857. The molecule has 3 rings (SSSR count). The lowest BCUT2D eigenvalue weighted by atomic mass is 9.77. The number of rotatable bonds is 2. The molecule has 7 nitrogen and oxygen atoms in total. The quantitative estimate of drug-likeness (QED) is 0.834. The summed E-state index contributed by atoms with van der Waals surface area (Å²) in [6.07, 6.45) is 3.58. The van der Waals surface area contributed by atoms with Crippen LogP contribution in [0.2, 0.25) is 0 Å². The van der Waals surface area contributed by atoms with Crippen molar-refractivity contribution in [1.29, 1.82) is 0 Å². The Morgan fingerprint density at radius 2 is 2.17 bits per heavy atom. The number of hydrogen-bond acceptors (Lipinski definition) is 6. The van der Waals surface area contributed by atoms with E-state index in [4.69, 9.17) is 9.15 Å². The van der Waals surface area contributed by atoms with Crippen molar-refractivity contribution in [1.82, 2.24) is 15.2 Å². The summed E-state index contributed by atoms with van der Waals surface area (Å²) in [6, 6.07) is -0.00461. The van der Waals surface area contributed by atoms with Crippen molar-refractivity contribution < 1.29 is 19.1 Å². The summed E-state index contributed by atoms with van der Waals surface area (Å²) in [7, 11) is 1.86. The third-order valence-corrected chi connectivity index (χ3v) is 5.25. The second-order valence-corrected chi connectivity index (χ2v) is 6.93. The molecule has 7 heteroatoms. The molecule has 3 heterocycles. The van der Waals surface area contributed by atoms with Gasteiger partial charge in [-0.15, -0.1) is 0 Å². The smallest absolute Gasteiger partial charge is 0.291 e. The number of aliphatic hydroxyl groups is 1. The average Bonchev–Trinajstić information content (AvgIpc) is 2.96. The Morgan fingerprint density at radius 1 is 1.48 bits per heavy atom. The molecule has 2 fully saturated rings. The number of carbonyl (C=O) groups excluding carboxylic acids is 1. The summed E-state index contributed by atoms with van der Waals surface area (Å²) < 4.78 is 11.2. The maximum atomic E-state index is 12.5. The van der Waals surface area contributed by atoms with Crippen LogP contribution in [0.5, 0.6) is 0 Å². The Labute approximate surface area is 136 Å². The van der Waals surface area contributed by atoms with Gasteiger partial charge >= 0.3 is 0 Å². The second-order valence-electron chi connectivity index (χ2n) is 6.93. The third-order valence-electron chi connectivity index (χ3n) is 5.25. The van der Waals surface area contributed by atoms with Gasteiger partial charge < -0.3 is 24.5 Å². The average molecular weight is 323 g/mol. The fourth-order valence-corrected chi connectivity index (χ4v) is 3.58. The number of piperidine rings is 1. The van der Waals surface area contributed by atoms with Crippen LogP contribution in [0.3, 0.4) is 0 Å². The van der Waals surface area contributed by atoms with Crippen molar-refractivity contribution in [2.75, 3.05) is 26.7 Å². The number of ether oxygens (including phenoxy) is 1. The number of likely N-dealkylation sites (tertiary alicyclic amines) is 1. The van der Waals surface area contributed by atoms with Crippen LogP contribution in [0.15, 0.2) is 10.8 Å². The van der Waals surface area contributed by atoms with E-state index < -0.39 is 5.60 Å². The van der Waals surface area contributed by atoms with Crippen LogP contribution < -0.4 is 5.32 Å². The van der Waals surface area contributed by atoms with Gasteiger partial charge in [0.25, 0.3) is 5.91 Å². The van der Waals surface area contributed by atoms with Gasteiger partial charge in [-0.25, -0.2) is 4.98 Å². The van der Waals surface area contributed by atoms with Gasteiger partial charge in [0.1, 0.15) is 5.60 Å². The number of nitrogens with one attached hydrogen (secondary N) is 1. The first-order chi connectivity index (χ1) is 10.9. The van der Waals surface area contributed by atoms with E-state index in [1.54, 1.807) is 18.7 Å². The Balaban J connectivity index is 1.64. The number of nitrogens with zero attached hydrogens (tertiary/aromatic N) is 2. The van der Waals surface area contributed by atoms with Crippen molar-refractivity contribution in [3.63, 3.8) is 0 Å². The molecule has 1 aromatic heterocycles. The van der Waals surface area contributed by atoms with Crippen molar-refractivity contribution in [2.45, 2.75) is 50.4 Å². The van der Waals surface area contributed by atoms with E-state index in [9.17, 15) is 9.90 Å². The number of oxazole rings is 1. The zero-order valence-electron chi connectivity index (χ0n) is 14.0. The molecule has 2 saturated heterocycles. The van der Waals surface area contributed by atoms with Crippen LogP contribution >= 0.6 is 0 Å². The molecule has 128 valence electrons. The second kappa shape index (κ2) is 5.89. The Morgan fingerprint density at radius 3 is 2.74 bits per heavy atom. The zero-order chi connectivity index (χ0) is 16.7. The fourth-order valence-electron chi connectivity index (χ4n) is 3.58. The monoisotopic (exact) mass is 323 g/mol. The van der Waals surface area contributed by atoms with E-state index in [1.165, 1.54) is 6.39 Å². The molecule has 23 heavy (non-hydrogen) atoms. The molecule has 0 unspecified atom stereocenters. The first-order valence-corrected chi connectivity index (χ1v) is 8.10. The Bertz CT molecular complexity index is 576. The standard InChI is InChI=1S/C16H25N3O4/c1-11-13(22-10-18-11)14(20)19-6-4-16(5-7-19)8-12(17-3)15(2,21)9-23-16/h10,12,17,21H,4-9H2,1-3H3/t12-,15-/m0/s1. The molecule has 0 bridgehead atoms. The molecule has 2 aliphatic rings. The van der Waals surface area contributed by atoms with E-state index in [0.29, 0.717) is 31.2 Å². The topological polar surface area (TPSA) is 87.8 Å². The lowest BCUT2D eigenvalue weighted by molar-refractivity contribution is -0.189. The van der Waals surface area contributed by atoms with Crippen LogP contribution in [-0.4, -0.2) is 64.9 Å². The van der Waals surface area contributed by atoms with Gasteiger partial charge in [0, 0.05) is 19.1 Å². The first-order valence-electron chi connectivity index (χ1n) is 8.10. The number of likely N-dealkylation sites (N-methyl/N-ethyl adjacent to an activating group) is 1. The minimum Gasteiger partial charge on any atom is -0.438 e. The third kappa shape index (κ3) is 3.00. The van der Waals surface area contributed by atoms with Gasteiger partial charge in [0.05, 0.1) is 17.9 Å². The van der Waals surface area contributed by atoms with Gasteiger partial charge in [0.2, 0.25) is 5.76 Å². The normalized spacial score (nSPS) is 30.6. The molecule has 0 aliphatic carbocycles. The van der Waals surface area contributed by atoms with Gasteiger partial charge in [0.15, 0.2) is 6.39 Å². The zero-order valence-corrected chi connectivity index (χ0v) is 14.0. The number of aromatic nitrogens is 1. The Hall–Kier alpha value is -1.44. The maximum absolute atomic E-state index is 12.5. The van der Waals surface area contributed by atoms with Gasteiger partial charge in [-0.1, -0.05) is 0 Å². The van der Waals surface area contributed by atoms with Gasteiger partial charge in [-0.2, -0.15) is 0 Å². The highest BCUT2D eigenvalue weighted by Gasteiger charge is 2.48. The molecule has 2 atom stereocenters. The van der Waals surface area contributed by atoms with Crippen LogP contribution in [0.4, 0.5) is 0 Å². The van der Waals surface area contributed by atoms with Gasteiger partial charge in [-0.05, 0) is 40.2 Å². The van der Waals surface area contributed by atoms with Crippen LogP contribution in [0, 0.1) is 6.92 Å². The first kappa shape index (κ1) is 16.4. The van der Waals surface area contributed by atoms with Crippen molar-refractivity contribution in [3.05, 3.63) is 17.8 Å². The molecule has 1 amide bonds. The lowest BCUT2D eigenvalue weighted by Crippen LogP contribution is -2.62. The summed E-state index contributed by atoms with van der Waals surface area (Å²) in [6.45, 7) is 5.13. The highest BCUT2D eigenvalue weighted by atomic mass is 16.5. The number of aryl methyl sites for hydroxylation is 1. The molecule has 2 N–H and O–H groups in total. The lowest BCUT2D eigenvalue weighted by Gasteiger charge is -2.50. The summed E-state index contributed by atoms with van der Waals surface area (Å²) in [5.41, 5.74) is -0.497. The van der Waals surface area contributed by atoms with Crippen molar-refractivity contribution in [2.24, 2.45) is 0 Å². The molecule has 0 aromatic carbocycles. The SMILES string of the molecule is CN[C@H]1CC2(CCN(C(=O)c3ocnc3C)CC2)OC[C@]1(C)O. The minimum absolute atomic E-state index is 0.00461. The Kier molecular flexibility index (Phi) is 4.20. The van der Waals surface area contributed by atoms with E-state index in [1.807, 2.05) is 7.05 Å². The van der Waals surface area contributed by atoms with Crippen LogP contribution in [0.25, 0.3) is 0 Å². The molecule has 2 aliphatic heterocycles. The summed E-state index contributed by atoms with van der Waals surface area (Å²) >= 11 is 0. The molecule has 1 spiro atoms. The summed E-state index contributed by atoms with van der Waals surface area (Å²) in [5, 5.41) is 13.6. The highest BCUT2D eigenvalue weighted by Crippen LogP contribution is 2.38. The highest BCUT2D eigenvalue weighted by molar-refractivity contribution is 5.92. The maximum Gasteiger partial charge on any atom is 0.291 e. The van der Waals surface area contributed by atoms with Crippen LogP contribution in [-0.2, 0) is 4.74 Å². The van der Waals surface area contributed by atoms with E-state index >= 15 is 0 Å². The van der Waals surface area contributed by atoms with Crippen LogP contribution in [0.1, 0.15) is 42.4 Å². The van der Waals surface area contributed by atoms with Gasteiger partial charge in [-0.3, -0.25) is 4.79 Å². The molecule has 0 radical (unpaired) electrons. The fraction of sp³-hybridized carbons (Fsp3) is 0.750. The number of carbonyl (C=O) groups is 1. The molecular formula is C16H25N3O4. The van der Waals surface area contributed by atoms with E-state index in [-0.39, 0.29) is 17.6 Å².